The average Bonchev–Trinajstić information content (AvgIpc) is 2.35. The SMILES string of the molecule is Cc1cccc(C)c1NC(=S)N1CCNCC1. The molecule has 0 radical (unpaired) electrons. The Balaban J connectivity index is 2.07. The van der Waals surface area contributed by atoms with Gasteiger partial charge in [0.15, 0.2) is 5.11 Å². The van der Waals surface area contributed by atoms with Gasteiger partial charge < -0.3 is 15.5 Å². The fourth-order valence-corrected chi connectivity index (χ4v) is 2.35. The fourth-order valence-electron chi connectivity index (χ4n) is 2.07. The molecule has 1 aliphatic heterocycles. The second kappa shape index (κ2) is 5.47. The van der Waals surface area contributed by atoms with Gasteiger partial charge >= 0.3 is 0 Å². The lowest BCUT2D eigenvalue weighted by molar-refractivity contribution is 0.362. The maximum absolute atomic E-state index is 5.46. The highest BCUT2D eigenvalue weighted by molar-refractivity contribution is 7.80. The van der Waals surface area contributed by atoms with Crippen molar-refractivity contribution < 1.29 is 0 Å². The second-order valence-electron chi connectivity index (χ2n) is 4.43. The zero-order valence-electron chi connectivity index (χ0n) is 10.4. The van der Waals surface area contributed by atoms with Crippen LogP contribution in [0.15, 0.2) is 18.2 Å². The molecule has 0 aromatic heterocycles. The van der Waals surface area contributed by atoms with E-state index in [1.807, 2.05) is 0 Å². The first-order valence-electron chi connectivity index (χ1n) is 6.01. The maximum atomic E-state index is 5.46. The summed E-state index contributed by atoms with van der Waals surface area (Å²) in [5, 5.41) is 7.54. The van der Waals surface area contributed by atoms with Crippen LogP contribution in [0.5, 0.6) is 0 Å². The molecule has 1 heterocycles. The number of piperazine rings is 1. The molecule has 0 atom stereocenters. The van der Waals surface area contributed by atoms with Crippen LogP contribution < -0.4 is 10.6 Å². The summed E-state index contributed by atoms with van der Waals surface area (Å²) in [7, 11) is 0. The van der Waals surface area contributed by atoms with Crippen molar-refractivity contribution in [3.05, 3.63) is 29.3 Å². The van der Waals surface area contributed by atoms with Gasteiger partial charge in [-0.15, -0.1) is 0 Å². The Morgan fingerprint density at radius 1 is 1.24 bits per heavy atom. The minimum atomic E-state index is 0.837. The second-order valence-corrected chi connectivity index (χ2v) is 4.82. The van der Waals surface area contributed by atoms with Crippen LogP contribution in [0.4, 0.5) is 5.69 Å². The number of nitrogens with zero attached hydrogens (tertiary/aromatic N) is 1. The molecule has 1 aromatic rings. The molecule has 0 bridgehead atoms. The van der Waals surface area contributed by atoms with Gasteiger partial charge in [0.2, 0.25) is 0 Å². The zero-order valence-corrected chi connectivity index (χ0v) is 11.2. The van der Waals surface area contributed by atoms with Crippen molar-refractivity contribution in [2.24, 2.45) is 0 Å². The quantitative estimate of drug-likeness (QED) is 0.744. The smallest absolute Gasteiger partial charge is 0.173 e. The predicted octanol–water partition coefficient (Wildman–Crippen LogP) is 1.91. The van der Waals surface area contributed by atoms with Crippen molar-refractivity contribution in [2.45, 2.75) is 13.8 Å². The normalized spacial score (nSPS) is 15.8. The van der Waals surface area contributed by atoms with E-state index in [9.17, 15) is 0 Å². The minimum Gasteiger partial charge on any atom is -0.346 e. The third kappa shape index (κ3) is 2.96. The van der Waals surface area contributed by atoms with Crippen LogP contribution >= 0.6 is 12.2 Å². The Labute approximate surface area is 108 Å². The molecule has 0 spiro atoms. The summed E-state index contributed by atoms with van der Waals surface area (Å²) in [6.45, 7) is 8.20. The number of hydrogen-bond donors (Lipinski definition) is 2. The predicted molar refractivity (Wildman–Crippen MR) is 76.6 cm³/mol. The van der Waals surface area contributed by atoms with Crippen molar-refractivity contribution in [2.75, 3.05) is 31.5 Å². The summed E-state index contributed by atoms with van der Waals surface area (Å²) in [6, 6.07) is 6.29. The third-order valence-electron chi connectivity index (χ3n) is 3.12. The molecule has 0 aliphatic carbocycles. The summed E-state index contributed by atoms with van der Waals surface area (Å²) >= 11 is 5.46. The van der Waals surface area contributed by atoms with E-state index in [2.05, 4.69) is 47.6 Å². The van der Waals surface area contributed by atoms with Gasteiger partial charge in [0.1, 0.15) is 0 Å². The monoisotopic (exact) mass is 249 g/mol. The summed E-state index contributed by atoms with van der Waals surface area (Å²) in [5.74, 6) is 0. The fraction of sp³-hybridized carbons (Fsp3) is 0.462. The van der Waals surface area contributed by atoms with Gasteiger partial charge in [0, 0.05) is 31.9 Å². The van der Waals surface area contributed by atoms with Crippen molar-refractivity contribution >= 4 is 23.0 Å². The first-order valence-corrected chi connectivity index (χ1v) is 6.42. The standard InChI is InChI=1S/C13H19N3S/c1-10-4-3-5-11(2)12(10)15-13(17)16-8-6-14-7-9-16/h3-5,14H,6-9H2,1-2H3,(H,15,17). The number of thiocarbonyl (C=S) groups is 1. The van der Waals surface area contributed by atoms with Crippen LogP contribution in [0.3, 0.4) is 0 Å². The van der Waals surface area contributed by atoms with Gasteiger partial charge in [0.25, 0.3) is 0 Å². The van der Waals surface area contributed by atoms with E-state index in [-0.39, 0.29) is 0 Å². The molecule has 2 rings (SSSR count). The Hall–Kier alpha value is -1.13. The summed E-state index contributed by atoms with van der Waals surface area (Å²) < 4.78 is 0. The maximum Gasteiger partial charge on any atom is 0.173 e. The van der Waals surface area contributed by atoms with Crippen LogP contribution in [0.25, 0.3) is 0 Å². The first kappa shape index (κ1) is 12.3. The minimum absolute atomic E-state index is 0.837. The Morgan fingerprint density at radius 2 is 1.82 bits per heavy atom. The number of aryl methyl sites for hydroxylation is 2. The number of rotatable bonds is 1. The molecule has 1 aliphatic rings. The molecule has 0 unspecified atom stereocenters. The largest absolute Gasteiger partial charge is 0.346 e. The first-order chi connectivity index (χ1) is 8.18. The molecule has 0 saturated carbocycles. The van der Waals surface area contributed by atoms with Gasteiger partial charge in [-0.05, 0) is 37.2 Å². The number of benzene rings is 1. The van der Waals surface area contributed by atoms with Crippen LogP contribution in [0.1, 0.15) is 11.1 Å². The number of nitrogens with one attached hydrogen (secondary N) is 2. The number of hydrogen-bond acceptors (Lipinski definition) is 2. The van der Waals surface area contributed by atoms with Gasteiger partial charge in [-0.1, -0.05) is 18.2 Å². The van der Waals surface area contributed by atoms with Gasteiger partial charge in [-0.25, -0.2) is 0 Å². The molecular weight excluding hydrogens is 230 g/mol. The van der Waals surface area contributed by atoms with E-state index in [4.69, 9.17) is 12.2 Å². The van der Waals surface area contributed by atoms with Gasteiger partial charge in [0.05, 0.1) is 0 Å². The summed E-state index contributed by atoms with van der Waals surface area (Å²) in [6.07, 6.45) is 0. The van der Waals surface area contributed by atoms with Crippen LogP contribution in [-0.2, 0) is 0 Å². The van der Waals surface area contributed by atoms with E-state index in [1.165, 1.54) is 11.1 Å². The lowest BCUT2D eigenvalue weighted by Gasteiger charge is -2.30. The number of anilines is 1. The molecule has 17 heavy (non-hydrogen) atoms. The molecule has 0 amide bonds. The summed E-state index contributed by atoms with van der Waals surface area (Å²) in [5.41, 5.74) is 3.63. The third-order valence-corrected chi connectivity index (χ3v) is 3.48. The molecule has 1 saturated heterocycles. The molecule has 1 aromatic carbocycles. The highest BCUT2D eigenvalue weighted by Gasteiger charge is 2.14. The lowest BCUT2D eigenvalue weighted by Crippen LogP contribution is -2.48. The van der Waals surface area contributed by atoms with Crippen molar-refractivity contribution in [3.63, 3.8) is 0 Å². The Kier molecular flexibility index (Phi) is 3.97. The van der Waals surface area contributed by atoms with Crippen molar-refractivity contribution in [1.29, 1.82) is 0 Å². The van der Waals surface area contributed by atoms with Crippen molar-refractivity contribution in [3.8, 4) is 0 Å². The van der Waals surface area contributed by atoms with Crippen LogP contribution in [0.2, 0.25) is 0 Å². The highest BCUT2D eigenvalue weighted by Crippen LogP contribution is 2.19. The average molecular weight is 249 g/mol. The molecule has 1 fully saturated rings. The summed E-state index contributed by atoms with van der Waals surface area (Å²) in [4.78, 5) is 2.22. The molecule has 2 N–H and O–H groups in total. The molecular formula is C13H19N3S. The van der Waals surface area contributed by atoms with E-state index in [0.717, 1.165) is 37.0 Å². The van der Waals surface area contributed by atoms with Crippen LogP contribution in [0, 0.1) is 13.8 Å². The molecule has 4 heteroatoms. The lowest BCUT2D eigenvalue weighted by atomic mass is 10.1. The Morgan fingerprint density at radius 3 is 2.41 bits per heavy atom. The van der Waals surface area contributed by atoms with E-state index in [1.54, 1.807) is 0 Å². The highest BCUT2D eigenvalue weighted by atomic mass is 32.1. The zero-order chi connectivity index (χ0) is 12.3. The van der Waals surface area contributed by atoms with E-state index < -0.39 is 0 Å². The van der Waals surface area contributed by atoms with Gasteiger partial charge in [-0.3, -0.25) is 0 Å². The van der Waals surface area contributed by atoms with Crippen molar-refractivity contribution in [1.82, 2.24) is 10.2 Å². The molecule has 3 nitrogen and oxygen atoms in total. The topological polar surface area (TPSA) is 27.3 Å². The van der Waals surface area contributed by atoms with E-state index >= 15 is 0 Å². The van der Waals surface area contributed by atoms with Gasteiger partial charge in [-0.2, -0.15) is 0 Å². The van der Waals surface area contributed by atoms with Crippen LogP contribution in [-0.4, -0.2) is 36.2 Å². The Bertz CT molecular complexity index is 391. The number of para-hydroxylation sites is 1. The van der Waals surface area contributed by atoms with E-state index in [0.29, 0.717) is 0 Å². The molecule has 92 valence electrons.